The van der Waals surface area contributed by atoms with Crippen LogP contribution < -0.4 is 5.32 Å². The summed E-state index contributed by atoms with van der Waals surface area (Å²) in [5, 5.41) is 13.7. The average Bonchev–Trinajstić information content (AvgIpc) is 2.87. The zero-order chi connectivity index (χ0) is 10.7. The van der Waals surface area contributed by atoms with Gasteiger partial charge < -0.3 is 5.32 Å². The lowest BCUT2D eigenvalue weighted by atomic mass is 10.1. The molecule has 1 amide bonds. The van der Waals surface area contributed by atoms with E-state index in [9.17, 15) is 4.79 Å². The lowest BCUT2D eigenvalue weighted by Crippen LogP contribution is -2.36. The van der Waals surface area contributed by atoms with Crippen molar-refractivity contribution in [3.8, 4) is 6.07 Å². The van der Waals surface area contributed by atoms with Gasteiger partial charge in [0.25, 0.3) is 5.91 Å². The van der Waals surface area contributed by atoms with E-state index in [1.165, 1.54) is 11.3 Å². The molecule has 1 N–H and O–H groups in total. The zero-order valence-corrected chi connectivity index (χ0v) is 9.09. The molecule has 1 aliphatic rings. The molecule has 1 aromatic rings. The molecule has 1 saturated carbocycles. The molecule has 2 unspecified atom stereocenters. The van der Waals surface area contributed by atoms with Gasteiger partial charge in [0.2, 0.25) is 0 Å². The van der Waals surface area contributed by atoms with Gasteiger partial charge in [0.05, 0.1) is 16.9 Å². The first-order chi connectivity index (χ1) is 7.31. The molecule has 1 heterocycles. The summed E-state index contributed by atoms with van der Waals surface area (Å²) >= 11 is 1.43. The first kappa shape index (κ1) is 10.2. The molecule has 1 aliphatic carbocycles. The third kappa shape index (κ3) is 2.18. The van der Waals surface area contributed by atoms with Crippen LogP contribution in [0, 0.1) is 17.2 Å². The highest BCUT2D eigenvalue weighted by molar-refractivity contribution is 7.12. The third-order valence-electron chi connectivity index (χ3n) is 2.74. The normalized spacial score (nSPS) is 24.7. The fourth-order valence-electron chi connectivity index (χ4n) is 1.93. The minimum Gasteiger partial charge on any atom is -0.347 e. The van der Waals surface area contributed by atoms with Crippen LogP contribution in [-0.2, 0) is 0 Å². The highest BCUT2D eigenvalue weighted by Crippen LogP contribution is 2.25. The van der Waals surface area contributed by atoms with Crippen LogP contribution in [0.2, 0.25) is 0 Å². The van der Waals surface area contributed by atoms with Crippen LogP contribution in [0.5, 0.6) is 0 Å². The Morgan fingerprint density at radius 2 is 2.47 bits per heavy atom. The van der Waals surface area contributed by atoms with Gasteiger partial charge in [-0.1, -0.05) is 6.07 Å². The van der Waals surface area contributed by atoms with Crippen LogP contribution in [0.25, 0.3) is 0 Å². The van der Waals surface area contributed by atoms with Gasteiger partial charge in [-0.3, -0.25) is 4.79 Å². The Kier molecular flexibility index (Phi) is 3.02. The molecule has 78 valence electrons. The van der Waals surface area contributed by atoms with Crippen molar-refractivity contribution >= 4 is 17.2 Å². The first-order valence-corrected chi connectivity index (χ1v) is 5.93. The number of hydrogen-bond acceptors (Lipinski definition) is 3. The lowest BCUT2D eigenvalue weighted by Gasteiger charge is -2.14. The van der Waals surface area contributed by atoms with Crippen LogP contribution in [0.15, 0.2) is 17.5 Å². The van der Waals surface area contributed by atoms with Crippen LogP contribution in [0.1, 0.15) is 28.9 Å². The van der Waals surface area contributed by atoms with Gasteiger partial charge >= 0.3 is 0 Å². The van der Waals surface area contributed by atoms with Crippen LogP contribution >= 0.6 is 11.3 Å². The van der Waals surface area contributed by atoms with Crippen molar-refractivity contribution in [2.75, 3.05) is 0 Å². The molecule has 15 heavy (non-hydrogen) atoms. The molecular formula is C11H12N2OS. The number of thiophene rings is 1. The Balaban J connectivity index is 1.98. The summed E-state index contributed by atoms with van der Waals surface area (Å²) in [6.07, 6.45) is 2.87. The van der Waals surface area contributed by atoms with Crippen LogP contribution in [-0.4, -0.2) is 11.9 Å². The summed E-state index contributed by atoms with van der Waals surface area (Å²) in [5.74, 6) is -0.0499. The number of carbonyl (C=O) groups excluding carboxylic acids is 1. The Hall–Kier alpha value is -1.34. The minimum absolute atomic E-state index is 0.00564. The molecule has 1 fully saturated rings. The Labute approximate surface area is 92.7 Å². The molecule has 0 saturated heterocycles. The monoisotopic (exact) mass is 220 g/mol. The van der Waals surface area contributed by atoms with Gasteiger partial charge in [0.1, 0.15) is 0 Å². The lowest BCUT2D eigenvalue weighted by molar-refractivity contribution is 0.0937. The van der Waals surface area contributed by atoms with Gasteiger partial charge in [0.15, 0.2) is 0 Å². The number of nitrogens with zero attached hydrogens (tertiary/aromatic N) is 1. The van der Waals surface area contributed by atoms with Crippen molar-refractivity contribution in [3.63, 3.8) is 0 Å². The molecule has 0 spiro atoms. The van der Waals surface area contributed by atoms with Gasteiger partial charge in [-0.15, -0.1) is 11.3 Å². The fourth-order valence-corrected chi connectivity index (χ4v) is 2.56. The van der Waals surface area contributed by atoms with E-state index in [1.807, 2.05) is 11.4 Å². The molecule has 0 bridgehead atoms. The maximum absolute atomic E-state index is 11.7. The number of nitrogens with one attached hydrogen (secondary N) is 1. The number of nitriles is 1. The van der Waals surface area contributed by atoms with Crippen molar-refractivity contribution in [2.45, 2.75) is 25.3 Å². The number of rotatable bonds is 2. The van der Waals surface area contributed by atoms with Crippen molar-refractivity contribution in [3.05, 3.63) is 22.4 Å². The van der Waals surface area contributed by atoms with E-state index in [2.05, 4.69) is 11.4 Å². The quantitative estimate of drug-likeness (QED) is 0.830. The summed E-state index contributed by atoms with van der Waals surface area (Å²) < 4.78 is 0. The molecule has 2 rings (SSSR count). The second-order valence-corrected chi connectivity index (χ2v) is 4.67. The summed E-state index contributed by atoms with van der Waals surface area (Å²) in [4.78, 5) is 12.4. The van der Waals surface area contributed by atoms with Crippen molar-refractivity contribution < 1.29 is 4.79 Å². The van der Waals surface area contributed by atoms with Crippen molar-refractivity contribution in [1.29, 1.82) is 5.26 Å². The van der Waals surface area contributed by atoms with E-state index in [0.717, 1.165) is 24.1 Å². The van der Waals surface area contributed by atoms with Gasteiger partial charge in [-0.25, -0.2) is 0 Å². The molecule has 4 heteroatoms. The minimum atomic E-state index is -0.0443. The number of hydrogen-bond donors (Lipinski definition) is 1. The topological polar surface area (TPSA) is 52.9 Å². The van der Waals surface area contributed by atoms with E-state index in [4.69, 9.17) is 5.26 Å². The summed E-state index contributed by atoms with van der Waals surface area (Å²) in [6, 6.07) is 5.96. The second kappa shape index (κ2) is 4.45. The van der Waals surface area contributed by atoms with E-state index in [-0.39, 0.29) is 17.9 Å². The Bertz CT molecular complexity index is 380. The number of carbonyl (C=O) groups is 1. The summed E-state index contributed by atoms with van der Waals surface area (Å²) in [5.41, 5.74) is 0. The Morgan fingerprint density at radius 3 is 3.13 bits per heavy atom. The van der Waals surface area contributed by atoms with E-state index >= 15 is 0 Å². The second-order valence-electron chi connectivity index (χ2n) is 3.72. The zero-order valence-electron chi connectivity index (χ0n) is 8.27. The van der Waals surface area contributed by atoms with E-state index in [1.54, 1.807) is 6.07 Å². The SMILES string of the molecule is N#CC1CCCC1NC(=O)c1cccs1. The van der Waals surface area contributed by atoms with Gasteiger partial charge in [-0.05, 0) is 30.7 Å². The molecular weight excluding hydrogens is 208 g/mol. The smallest absolute Gasteiger partial charge is 0.261 e. The Morgan fingerprint density at radius 1 is 1.60 bits per heavy atom. The molecule has 0 aromatic carbocycles. The average molecular weight is 220 g/mol. The highest BCUT2D eigenvalue weighted by Gasteiger charge is 2.28. The standard InChI is InChI=1S/C11H12N2OS/c12-7-8-3-1-4-9(8)13-11(14)10-5-2-6-15-10/h2,5-6,8-9H,1,3-4H2,(H,13,14). The molecule has 0 aliphatic heterocycles. The largest absolute Gasteiger partial charge is 0.347 e. The molecule has 2 atom stereocenters. The van der Waals surface area contributed by atoms with Crippen LogP contribution in [0.4, 0.5) is 0 Å². The van der Waals surface area contributed by atoms with Gasteiger partial charge in [-0.2, -0.15) is 5.26 Å². The van der Waals surface area contributed by atoms with E-state index < -0.39 is 0 Å². The van der Waals surface area contributed by atoms with Crippen molar-refractivity contribution in [2.24, 2.45) is 5.92 Å². The maximum Gasteiger partial charge on any atom is 0.261 e. The molecule has 1 aromatic heterocycles. The predicted molar refractivity (Wildman–Crippen MR) is 58.5 cm³/mol. The number of amides is 1. The van der Waals surface area contributed by atoms with Gasteiger partial charge in [0, 0.05) is 6.04 Å². The third-order valence-corrected chi connectivity index (χ3v) is 3.61. The maximum atomic E-state index is 11.7. The molecule has 0 radical (unpaired) electrons. The summed E-state index contributed by atoms with van der Waals surface area (Å²) in [6.45, 7) is 0. The molecule has 3 nitrogen and oxygen atoms in total. The summed E-state index contributed by atoms with van der Waals surface area (Å²) in [7, 11) is 0. The fraction of sp³-hybridized carbons (Fsp3) is 0.455. The first-order valence-electron chi connectivity index (χ1n) is 5.05. The predicted octanol–water partition coefficient (Wildman–Crippen LogP) is 2.17. The van der Waals surface area contributed by atoms with E-state index in [0.29, 0.717) is 0 Å². The van der Waals surface area contributed by atoms with Crippen LogP contribution in [0.3, 0.4) is 0 Å². The highest BCUT2D eigenvalue weighted by atomic mass is 32.1. The van der Waals surface area contributed by atoms with Crippen molar-refractivity contribution in [1.82, 2.24) is 5.32 Å².